The first-order chi connectivity index (χ1) is 8.57. The maximum atomic E-state index is 9.85. The van der Waals surface area contributed by atoms with Crippen molar-refractivity contribution in [3.63, 3.8) is 0 Å². The van der Waals surface area contributed by atoms with Crippen LogP contribution in [0.3, 0.4) is 0 Å². The van der Waals surface area contributed by atoms with Gasteiger partial charge in [0.1, 0.15) is 5.75 Å². The molecule has 0 saturated heterocycles. The van der Waals surface area contributed by atoms with E-state index in [-0.39, 0.29) is 5.75 Å². The molecule has 96 valence electrons. The van der Waals surface area contributed by atoms with E-state index in [0.717, 1.165) is 40.2 Å². The molecule has 0 amide bonds. The van der Waals surface area contributed by atoms with Crippen LogP contribution in [0.5, 0.6) is 5.75 Å². The van der Waals surface area contributed by atoms with Gasteiger partial charge >= 0.3 is 0 Å². The third-order valence-electron chi connectivity index (χ3n) is 2.70. The molecule has 0 atom stereocenters. The standard InChI is InChI=1S/C15H16Br2O/c1-3-4-5-6-7-8-9-12-11(2)10-13(16)15(18)14(12)17/h1,6-7,10,18H,4-5,8-9H2,2H3/b7-6+. The van der Waals surface area contributed by atoms with Crippen LogP contribution in [0.4, 0.5) is 0 Å². The van der Waals surface area contributed by atoms with E-state index in [9.17, 15) is 5.11 Å². The Labute approximate surface area is 126 Å². The van der Waals surface area contributed by atoms with E-state index in [1.165, 1.54) is 5.56 Å². The topological polar surface area (TPSA) is 20.2 Å². The summed E-state index contributed by atoms with van der Waals surface area (Å²) in [6, 6.07) is 1.94. The van der Waals surface area contributed by atoms with Crippen molar-refractivity contribution >= 4 is 31.9 Å². The molecule has 1 rings (SSSR count). The first-order valence-corrected chi connectivity index (χ1v) is 7.41. The number of phenols is 1. The van der Waals surface area contributed by atoms with Gasteiger partial charge in [0.15, 0.2) is 0 Å². The summed E-state index contributed by atoms with van der Waals surface area (Å²) < 4.78 is 1.51. The van der Waals surface area contributed by atoms with Crippen molar-refractivity contribution in [3.8, 4) is 18.1 Å². The van der Waals surface area contributed by atoms with E-state index < -0.39 is 0 Å². The van der Waals surface area contributed by atoms with Gasteiger partial charge in [-0.05, 0) is 75.2 Å². The van der Waals surface area contributed by atoms with E-state index in [2.05, 4.69) is 49.9 Å². The summed E-state index contributed by atoms with van der Waals surface area (Å²) in [5, 5.41) is 9.85. The van der Waals surface area contributed by atoms with Crippen LogP contribution in [-0.4, -0.2) is 5.11 Å². The molecular weight excluding hydrogens is 356 g/mol. The van der Waals surface area contributed by atoms with Crippen LogP contribution in [0.2, 0.25) is 0 Å². The number of phenolic OH excluding ortho intramolecular Hbond substituents is 1. The lowest BCUT2D eigenvalue weighted by atomic mass is 10.0. The second-order valence-electron chi connectivity index (χ2n) is 4.07. The molecule has 3 heteroatoms. The van der Waals surface area contributed by atoms with E-state index >= 15 is 0 Å². The molecule has 1 N–H and O–H groups in total. The Bertz CT molecular complexity index is 484. The zero-order chi connectivity index (χ0) is 13.5. The fraction of sp³-hybridized carbons (Fsp3) is 0.333. The molecule has 1 nitrogen and oxygen atoms in total. The number of hydrogen-bond donors (Lipinski definition) is 1. The zero-order valence-corrected chi connectivity index (χ0v) is 13.5. The molecule has 1 aromatic carbocycles. The largest absolute Gasteiger partial charge is 0.506 e. The average Bonchev–Trinajstić information content (AvgIpc) is 2.34. The number of benzene rings is 1. The normalized spacial score (nSPS) is 10.8. The zero-order valence-electron chi connectivity index (χ0n) is 10.3. The Morgan fingerprint density at radius 2 is 2.00 bits per heavy atom. The molecule has 0 saturated carbocycles. The van der Waals surface area contributed by atoms with Crippen LogP contribution < -0.4 is 0 Å². The first-order valence-electron chi connectivity index (χ1n) is 5.82. The summed E-state index contributed by atoms with van der Waals surface area (Å²) in [6.07, 6.45) is 13.0. The SMILES string of the molecule is C#CCC/C=C/CCc1c(C)cc(Br)c(O)c1Br. The van der Waals surface area contributed by atoms with E-state index in [1.807, 2.05) is 13.0 Å². The van der Waals surface area contributed by atoms with Gasteiger partial charge < -0.3 is 5.11 Å². The van der Waals surface area contributed by atoms with Crippen molar-refractivity contribution in [1.82, 2.24) is 0 Å². The highest BCUT2D eigenvalue weighted by Crippen LogP contribution is 2.37. The Balaban J connectivity index is 2.66. The quantitative estimate of drug-likeness (QED) is 0.432. The van der Waals surface area contributed by atoms with Gasteiger partial charge in [-0.2, -0.15) is 0 Å². The summed E-state index contributed by atoms with van der Waals surface area (Å²) in [4.78, 5) is 0. The van der Waals surface area contributed by atoms with E-state index in [1.54, 1.807) is 0 Å². The summed E-state index contributed by atoms with van der Waals surface area (Å²) >= 11 is 6.77. The van der Waals surface area contributed by atoms with Crippen LogP contribution >= 0.6 is 31.9 Å². The first kappa shape index (κ1) is 15.3. The highest BCUT2D eigenvalue weighted by atomic mass is 79.9. The van der Waals surface area contributed by atoms with E-state index in [0.29, 0.717) is 0 Å². The van der Waals surface area contributed by atoms with Gasteiger partial charge in [-0.25, -0.2) is 0 Å². The smallest absolute Gasteiger partial charge is 0.144 e. The number of unbranched alkanes of at least 4 members (excludes halogenated alkanes) is 1. The summed E-state index contributed by atoms with van der Waals surface area (Å²) in [5.41, 5.74) is 2.32. The minimum absolute atomic E-state index is 0.270. The van der Waals surface area contributed by atoms with Gasteiger partial charge in [0.05, 0.1) is 8.95 Å². The van der Waals surface area contributed by atoms with Crippen molar-refractivity contribution in [1.29, 1.82) is 0 Å². The summed E-state index contributed by atoms with van der Waals surface area (Å²) in [5.74, 6) is 2.88. The Morgan fingerprint density at radius 1 is 1.33 bits per heavy atom. The Hall–Kier alpha value is -0.720. The fourth-order valence-electron chi connectivity index (χ4n) is 1.70. The van der Waals surface area contributed by atoms with Crippen molar-refractivity contribution in [2.45, 2.75) is 32.6 Å². The number of rotatable bonds is 5. The molecule has 0 radical (unpaired) electrons. The van der Waals surface area contributed by atoms with Gasteiger partial charge in [-0.15, -0.1) is 12.3 Å². The average molecular weight is 372 g/mol. The Morgan fingerprint density at radius 3 is 2.67 bits per heavy atom. The number of aromatic hydroxyl groups is 1. The minimum Gasteiger partial charge on any atom is -0.506 e. The molecule has 0 fully saturated rings. The summed E-state index contributed by atoms with van der Waals surface area (Å²) in [7, 11) is 0. The number of aryl methyl sites for hydroxylation is 1. The second kappa shape index (κ2) is 7.66. The van der Waals surface area contributed by atoms with Crippen LogP contribution in [-0.2, 0) is 6.42 Å². The molecule has 0 bridgehead atoms. The fourth-order valence-corrected chi connectivity index (χ4v) is 3.24. The molecule has 0 aliphatic carbocycles. The highest BCUT2D eigenvalue weighted by Gasteiger charge is 2.11. The van der Waals surface area contributed by atoms with Gasteiger partial charge in [0.2, 0.25) is 0 Å². The van der Waals surface area contributed by atoms with Crippen molar-refractivity contribution in [3.05, 3.63) is 38.3 Å². The maximum absolute atomic E-state index is 9.85. The number of terminal acetylenes is 1. The number of halogens is 2. The molecule has 18 heavy (non-hydrogen) atoms. The monoisotopic (exact) mass is 370 g/mol. The third kappa shape index (κ3) is 4.19. The Kier molecular flexibility index (Phi) is 6.52. The lowest BCUT2D eigenvalue weighted by molar-refractivity contribution is 0.467. The van der Waals surface area contributed by atoms with Crippen LogP contribution in [0.15, 0.2) is 27.2 Å². The van der Waals surface area contributed by atoms with Crippen LogP contribution in [0.25, 0.3) is 0 Å². The molecule has 0 aliphatic heterocycles. The predicted molar refractivity (Wildman–Crippen MR) is 83.8 cm³/mol. The van der Waals surface area contributed by atoms with Gasteiger partial charge in [-0.3, -0.25) is 0 Å². The van der Waals surface area contributed by atoms with Crippen molar-refractivity contribution < 1.29 is 5.11 Å². The second-order valence-corrected chi connectivity index (χ2v) is 5.72. The third-order valence-corrected chi connectivity index (χ3v) is 4.16. The number of allylic oxidation sites excluding steroid dienone is 2. The molecule has 0 heterocycles. The van der Waals surface area contributed by atoms with Gasteiger partial charge in [0, 0.05) is 6.42 Å². The molecular formula is C15H16Br2O. The molecule has 1 aromatic rings. The van der Waals surface area contributed by atoms with Gasteiger partial charge in [-0.1, -0.05) is 12.2 Å². The lowest BCUT2D eigenvalue weighted by Gasteiger charge is -2.10. The number of hydrogen-bond acceptors (Lipinski definition) is 1. The summed E-state index contributed by atoms with van der Waals surface area (Å²) in [6.45, 7) is 2.05. The van der Waals surface area contributed by atoms with Crippen LogP contribution in [0.1, 0.15) is 30.4 Å². The lowest BCUT2D eigenvalue weighted by Crippen LogP contribution is -1.92. The maximum Gasteiger partial charge on any atom is 0.144 e. The van der Waals surface area contributed by atoms with Crippen molar-refractivity contribution in [2.24, 2.45) is 0 Å². The molecule has 0 unspecified atom stereocenters. The van der Waals surface area contributed by atoms with Gasteiger partial charge in [0.25, 0.3) is 0 Å². The highest BCUT2D eigenvalue weighted by molar-refractivity contribution is 9.11. The predicted octanol–water partition coefficient (Wildman–Crippen LogP) is 5.13. The molecule has 0 aliphatic rings. The molecule has 0 spiro atoms. The molecule has 0 aromatic heterocycles. The van der Waals surface area contributed by atoms with Crippen molar-refractivity contribution in [2.75, 3.05) is 0 Å². The van der Waals surface area contributed by atoms with E-state index in [4.69, 9.17) is 6.42 Å². The van der Waals surface area contributed by atoms with Crippen LogP contribution in [0, 0.1) is 19.3 Å². The minimum atomic E-state index is 0.270.